The van der Waals surface area contributed by atoms with Crippen molar-refractivity contribution in [2.75, 3.05) is 0 Å². The van der Waals surface area contributed by atoms with E-state index in [4.69, 9.17) is 5.73 Å². The summed E-state index contributed by atoms with van der Waals surface area (Å²) in [6, 6.07) is 0.879. The molecule has 1 atom stereocenters. The van der Waals surface area contributed by atoms with Crippen LogP contribution in [0.4, 0.5) is 0 Å². The van der Waals surface area contributed by atoms with Crippen molar-refractivity contribution < 1.29 is 0 Å². The number of nitrogens with zero attached hydrogens (tertiary/aromatic N) is 2. The third-order valence-electron chi connectivity index (χ3n) is 1.27. The van der Waals surface area contributed by atoms with Crippen LogP contribution in [0.25, 0.3) is 0 Å². The number of aromatic amines is 1. The van der Waals surface area contributed by atoms with E-state index in [9.17, 15) is 0 Å². The molecule has 0 spiro atoms. The van der Waals surface area contributed by atoms with Crippen molar-refractivity contribution in [2.45, 2.75) is 18.5 Å². The molecule has 0 amide bonds. The highest BCUT2D eigenvalue weighted by atomic mass is 28.1. The Morgan fingerprint density at radius 3 is 3.10 bits per heavy atom. The van der Waals surface area contributed by atoms with Crippen LogP contribution in [0.3, 0.4) is 0 Å². The number of rotatable bonds is 3. The molecule has 0 aliphatic rings. The molecular weight excluding hydrogens is 144 g/mol. The van der Waals surface area contributed by atoms with Crippen LogP contribution in [-0.2, 0) is 0 Å². The van der Waals surface area contributed by atoms with E-state index in [0.29, 0.717) is 0 Å². The summed E-state index contributed by atoms with van der Waals surface area (Å²) in [6.07, 6.45) is 2.52. The quantitative estimate of drug-likeness (QED) is 0.590. The zero-order valence-corrected chi connectivity index (χ0v) is 6.54. The number of H-pyrrole nitrogens is 1. The second-order valence-electron chi connectivity index (χ2n) is 2.04. The minimum Gasteiger partial charge on any atom is -0.323 e. The standard InChI is InChI=1S/C5H9N4Si/c6-4(1-2-10)5-3-7-9-8-5/h3-4H,1-2,6H2,(H,7,8,9). The molecule has 1 aromatic heterocycles. The maximum atomic E-state index is 5.70. The molecule has 1 unspecified atom stereocenters. The Morgan fingerprint density at radius 1 is 1.80 bits per heavy atom. The Bertz CT molecular complexity index is 174. The van der Waals surface area contributed by atoms with Crippen LogP contribution in [0.2, 0.25) is 6.04 Å². The van der Waals surface area contributed by atoms with Crippen molar-refractivity contribution in [3.05, 3.63) is 11.9 Å². The van der Waals surface area contributed by atoms with Gasteiger partial charge in [-0.15, -0.1) is 0 Å². The lowest BCUT2D eigenvalue weighted by Gasteiger charge is -2.03. The van der Waals surface area contributed by atoms with E-state index < -0.39 is 0 Å². The molecule has 1 heterocycles. The highest BCUT2D eigenvalue weighted by Crippen LogP contribution is 2.09. The van der Waals surface area contributed by atoms with Gasteiger partial charge in [-0.25, -0.2) is 0 Å². The van der Waals surface area contributed by atoms with E-state index >= 15 is 0 Å². The molecule has 0 saturated carbocycles. The molecule has 3 N–H and O–H groups in total. The molecule has 4 nitrogen and oxygen atoms in total. The van der Waals surface area contributed by atoms with Gasteiger partial charge in [0.2, 0.25) is 0 Å². The molecule has 53 valence electrons. The lowest BCUT2D eigenvalue weighted by atomic mass is 10.2. The van der Waals surface area contributed by atoms with Gasteiger partial charge in [0.25, 0.3) is 0 Å². The summed E-state index contributed by atoms with van der Waals surface area (Å²) < 4.78 is 0. The van der Waals surface area contributed by atoms with Crippen molar-refractivity contribution in [3.63, 3.8) is 0 Å². The van der Waals surface area contributed by atoms with Gasteiger partial charge in [-0.1, -0.05) is 6.04 Å². The van der Waals surface area contributed by atoms with Crippen LogP contribution < -0.4 is 5.73 Å². The molecule has 10 heavy (non-hydrogen) atoms. The van der Waals surface area contributed by atoms with Crippen LogP contribution in [0.15, 0.2) is 6.20 Å². The lowest BCUT2D eigenvalue weighted by molar-refractivity contribution is 0.671. The third kappa shape index (κ3) is 1.65. The first-order valence-electron chi connectivity index (χ1n) is 3.10. The van der Waals surface area contributed by atoms with Gasteiger partial charge in [0.1, 0.15) is 0 Å². The first-order valence-corrected chi connectivity index (χ1v) is 3.81. The Hall–Kier alpha value is -0.683. The average molecular weight is 153 g/mol. The molecule has 0 bridgehead atoms. The van der Waals surface area contributed by atoms with Gasteiger partial charge in [0.05, 0.1) is 17.9 Å². The fourth-order valence-corrected chi connectivity index (χ4v) is 1.00. The maximum absolute atomic E-state index is 5.70. The molecule has 0 fully saturated rings. The molecule has 0 aliphatic heterocycles. The van der Waals surface area contributed by atoms with Crippen molar-refractivity contribution >= 4 is 10.2 Å². The van der Waals surface area contributed by atoms with Gasteiger partial charge in [-0.3, -0.25) is 0 Å². The van der Waals surface area contributed by atoms with E-state index in [1.165, 1.54) is 0 Å². The number of hydrogen-bond donors (Lipinski definition) is 2. The molecule has 0 saturated heterocycles. The van der Waals surface area contributed by atoms with Crippen molar-refractivity contribution in [1.82, 2.24) is 15.4 Å². The second kappa shape index (κ2) is 3.48. The topological polar surface area (TPSA) is 67.6 Å². The zero-order valence-electron chi connectivity index (χ0n) is 5.54. The molecule has 1 aromatic rings. The van der Waals surface area contributed by atoms with E-state index in [-0.39, 0.29) is 6.04 Å². The minimum atomic E-state index is -0.00347. The summed E-state index contributed by atoms with van der Waals surface area (Å²) in [6.45, 7) is 0. The number of nitrogens with two attached hydrogens (primary N) is 1. The van der Waals surface area contributed by atoms with E-state index in [2.05, 4.69) is 25.7 Å². The van der Waals surface area contributed by atoms with Crippen molar-refractivity contribution in [2.24, 2.45) is 5.73 Å². The van der Waals surface area contributed by atoms with E-state index in [1.807, 2.05) is 0 Å². The maximum Gasteiger partial charge on any atom is 0.0991 e. The van der Waals surface area contributed by atoms with Gasteiger partial charge in [-0.05, 0) is 6.42 Å². The van der Waals surface area contributed by atoms with Crippen LogP contribution in [-0.4, -0.2) is 25.7 Å². The summed E-state index contributed by atoms with van der Waals surface area (Å²) in [5, 5.41) is 10.0. The van der Waals surface area contributed by atoms with Gasteiger partial charge >= 0.3 is 0 Å². The normalized spacial score (nSPS) is 13.4. The predicted octanol–water partition coefficient (Wildman–Crippen LogP) is -0.219. The Balaban J connectivity index is 2.50. The third-order valence-corrected chi connectivity index (χ3v) is 1.56. The summed E-state index contributed by atoms with van der Waals surface area (Å²) in [5.41, 5.74) is 6.51. The van der Waals surface area contributed by atoms with Crippen LogP contribution in [0.1, 0.15) is 18.2 Å². The van der Waals surface area contributed by atoms with Gasteiger partial charge in [0.15, 0.2) is 0 Å². The number of nitrogens with one attached hydrogen (secondary N) is 1. The summed E-state index contributed by atoms with van der Waals surface area (Å²) >= 11 is 0. The minimum absolute atomic E-state index is 0.00347. The monoisotopic (exact) mass is 153 g/mol. The number of aromatic nitrogens is 3. The first kappa shape index (κ1) is 7.42. The summed E-state index contributed by atoms with van der Waals surface area (Å²) in [7, 11) is 3.34. The van der Waals surface area contributed by atoms with Gasteiger partial charge in [0, 0.05) is 10.2 Å². The zero-order chi connectivity index (χ0) is 7.40. The fraction of sp³-hybridized carbons (Fsp3) is 0.600. The molecule has 5 heteroatoms. The highest BCUT2D eigenvalue weighted by molar-refractivity contribution is 6.08. The summed E-state index contributed by atoms with van der Waals surface area (Å²) in [4.78, 5) is 0. The predicted molar refractivity (Wildman–Crippen MR) is 38.5 cm³/mol. The largest absolute Gasteiger partial charge is 0.323 e. The Morgan fingerprint density at radius 2 is 2.60 bits per heavy atom. The molecule has 3 radical (unpaired) electrons. The first-order chi connectivity index (χ1) is 4.84. The lowest BCUT2D eigenvalue weighted by Crippen LogP contribution is -2.10. The second-order valence-corrected chi connectivity index (χ2v) is 2.54. The fourth-order valence-electron chi connectivity index (χ4n) is 0.693. The number of hydrogen-bond acceptors (Lipinski definition) is 3. The molecule has 0 aromatic carbocycles. The molecular formula is C5H9N4Si. The van der Waals surface area contributed by atoms with E-state index in [1.54, 1.807) is 6.20 Å². The van der Waals surface area contributed by atoms with Crippen molar-refractivity contribution in [3.8, 4) is 0 Å². The van der Waals surface area contributed by atoms with Crippen LogP contribution in [0.5, 0.6) is 0 Å². The SMILES string of the molecule is NC(CC[Si])c1cn[nH]n1. The van der Waals surface area contributed by atoms with Crippen LogP contribution in [0, 0.1) is 0 Å². The summed E-state index contributed by atoms with van der Waals surface area (Å²) in [5.74, 6) is 0. The molecule has 1 rings (SSSR count). The highest BCUT2D eigenvalue weighted by Gasteiger charge is 2.05. The van der Waals surface area contributed by atoms with Gasteiger partial charge in [-0.2, -0.15) is 15.4 Å². The molecule has 0 aliphatic carbocycles. The Kier molecular flexibility index (Phi) is 2.58. The average Bonchev–Trinajstić information content (AvgIpc) is 2.38. The van der Waals surface area contributed by atoms with Crippen LogP contribution >= 0.6 is 0 Å². The smallest absolute Gasteiger partial charge is 0.0991 e. The van der Waals surface area contributed by atoms with E-state index in [0.717, 1.165) is 18.2 Å². The van der Waals surface area contributed by atoms with Crippen molar-refractivity contribution in [1.29, 1.82) is 0 Å². The van der Waals surface area contributed by atoms with Gasteiger partial charge < -0.3 is 5.73 Å². The Labute approximate surface area is 62.6 Å².